The van der Waals surface area contributed by atoms with E-state index in [4.69, 9.17) is 4.74 Å². The van der Waals surface area contributed by atoms with Crippen molar-refractivity contribution in [3.63, 3.8) is 0 Å². The molecule has 148 valence electrons. The molecule has 1 atom stereocenters. The van der Waals surface area contributed by atoms with Gasteiger partial charge in [-0.3, -0.25) is 10.1 Å². The summed E-state index contributed by atoms with van der Waals surface area (Å²) in [6, 6.07) is 13.0. The van der Waals surface area contributed by atoms with Gasteiger partial charge in [-0.15, -0.1) is 0 Å². The van der Waals surface area contributed by atoms with Crippen LogP contribution in [0.5, 0.6) is 0 Å². The molecule has 3 rings (SSSR count). The minimum Gasteiger partial charge on any atom is -0.444 e. The quantitative estimate of drug-likeness (QED) is 0.829. The van der Waals surface area contributed by atoms with E-state index in [1.54, 1.807) is 12.3 Å². The lowest BCUT2D eigenvalue weighted by molar-refractivity contribution is 0.0609. The van der Waals surface area contributed by atoms with Crippen LogP contribution in [-0.2, 0) is 4.74 Å². The number of pyridine rings is 1. The smallest absolute Gasteiger partial charge is 0.413 e. The fraction of sp³-hybridized carbons (Fsp3) is 0.409. The van der Waals surface area contributed by atoms with E-state index >= 15 is 0 Å². The van der Waals surface area contributed by atoms with Gasteiger partial charge in [0, 0.05) is 18.3 Å². The van der Waals surface area contributed by atoms with Crippen molar-refractivity contribution >= 4 is 17.8 Å². The van der Waals surface area contributed by atoms with Crippen molar-refractivity contribution in [2.75, 3.05) is 11.9 Å². The molecule has 1 aliphatic heterocycles. The number of rotatable bonds is 3. The molecule has 1 N–H and O–H groups in total. The predicted octanol–water partition coefficient (Wildman–Crippen LogP) is 4.80. The number of ether oxygens (including phenoxy) is 1. The largest absolute Gasteiger partial charge is 0.444 e. The molecule has 1 aromatic carbocycles. The zero-order chi connectivity index (χ0) is 20.1. The maximum Gasteiger partial charge on any atom is 0.413 e. The highest BCUT2D eigenvalue weighted by Gasteiger charge is 2.29. The van der Waals surface area contributed by atoms with Crippen LogP contribution in [0.15, 0.2) is 48.7 Å². The topological polar surface area (TPSA) is 71.5 Å². The Morgan fingerprint density at radius 3 is 2.50 bits per heavy atom. The molecule has 0 unspecified atom stereocenters. The third kappa shape index (κ3) is 5.09. The number of amides is 2. The third-order valence-electron chi connectivity index (χ3n) is 4.58. The number of hydrogen-bond acceptors (Lipinski definition) is 4. The van der Waals surface area contributed by atoms with Gasteiger partial charge in [-0.05, 0) is 63.8 Å². The first-order valence-corrected chi connectivity index (χ1v) is 9.65. The summed E-state index contributed by atoms with van der Waals surface area (Å²) in [7, 11) is 0. The second-order valence-corrected chi connectivity index (χ2v) is 7.98. The number of carbonyl (C=O) groups excluding carboxylic acids is 2. The number of benzene rings is 1. The van der Waals surface area contributed by atoms with E-state index < -0.39 is 11.7 Å². The van der Waals surface area contributed by atoms with Gasteiger partial charge in [0.1, 0.15) is 11.4 Å². The molecule has 0 bridgehead atoms. The molecule has 1 aliphatic rings. The molecule has 2 aromatic rings. The Morgan fingerprint density at radius 2 is 1.86 bits per heavy atom. The fourth-order valence-electron chi connectivity index (χ4n) is 3.35. The number of piperidine rings is 1. The number of aromatic nitrogens is 1. The van der Waals surface area contributed by atoms with E-state index in [0.29, 0.717) is 11.4 Å². The van der Waals surface area contributed by atoms with E-state index in [2.05, 4.69) is 10.3 Å². The fourth-order valence-corrected chi connectivity index (χ4v) is 3.35. The molecule has 1 saturated heterocycles. The summed E-state index contributed by atoms with van der Waals surface area (Å²) in [5, 5.41) is 2.64. The Kier molecular flexibility index (Phi) is 5.97. The van der Waals surface area contributed by atoms with Crippen LogP contribution in [0.4, 0.5) is 10.6 Å². The molecule has 6 nitrogen and oxygen atoms in total. The lowest BCUT2D eigenvalue weighted by Crippen LogP contribution is -2.38. The van der Waals surface area contributed by atoms with Crippen LogP contribution in [0.3, 0.4) is 0 Å². The normalized spacial score (nSPS) is 17.1. The van der Waals surface area contributed by atoms with Gasteiger partial charge in [-0.2, -0.15) is 0 Å². The van der Waals surface area contributed by atoms with Gasteiger partial charge in [-0.25, -0.2) is 9.78 Å². The van der Waals surface area contributed by atoms with Gasteiger partial charge >= 0.3 is 6.09 Å². The van der Waals surface area contributed by atoms with E-state index in [9.17, 15) is 9.59 Å². The lowest BCUT2D eigenvalue weighted by atomic mass is 9.95. The first-order valence-electron chi connectivity index (χ1n) is 9.65. The van der Waals surface area contributed by atoms with Crippen molar-refractivity contribution in [1.82, 2.24) is 9.88 Å². The number of nitrogens with zero attached hydrogens (tertiary/aromatic N) is 2. The lowest BCUT2D eigenvalue weighted by Gasteiger charge is -2.36. The monoisotopic (exact) mass is 381 g/mol. The Morgan fingerprint density at radius 1 is 1.11 bits per heavy atom. The van der Waals surface area contributed by atoms with Crippen LogP contribution in [-0.4, -0.2) is 34.0 Å². The summed E-state index contributed by atoms with van der Waals surface area (Å²) >= 11 is 0. The zero-order valence-corrected chi connectivity index (χ0v) is 16.6. The van der Waals surface area contributed by atoms with Crippen molar-refractivity contribution in [2.24, 2.45) is 0 Å². The minimum atomic E-state index is -0.565. The number of carbonyl (C=O) groups is 2. The molecule has 1 fully saturated rings. The Balaban J connectivity index is 1.72. The van der Waals surface area contributed by atoms with E-state index in [1.807, 2.05) is 62.1 Å². The zero-order valence-electron chi connectivity index (χ0n) is 16.6. The van der Waals surface area contributed by atoms with Gasteiger partial charge in [-0.1, -0.05) is 24.3 Å². The number of likely N-dealkylation sites (tertiary alicyclic amines) is 1. The highest BCUT2D eigenvalue weighted by Crippen LogP contribution is 2.32. The maximum atomic E-state index is 13.0. The van der Waals surface area contributed by atoms with Crippen LogP contribution < -0.4 is 5.32 Å². The van der Waals surface area contributed by atoms with Crippen LogP contribution in [0.25, 0.3) is 0 Å². The van der Waals surface area contributed by atoms with Crippen molar-refractivity contribution in [3.05, 3.63) is 59.8 Å². The summed E-state index contributed by atoms with van der Waals surface area (Å²) in [5.74, 6) is 0.469. The molecule has 0 radical (unpaired) electrons. The number of hydrogen-bond donors (Lipinski definition) is 1. The van der Waals surface area contributed by atoms with Crippen LogP contribution >= 0.6 is 0 Å². The summed E-state index contributed by atoms with van der Waals surface area (Å²) in [5.41, 5.74) is 1.11. The molecule has 0 saturated carbocycles. The summed E-state index contributed by atoms with van der Waals surface area (Å²) in [6.45, 7) is 6.16. The average molecular weight is 381 g/mol. The highest BCUT2D eigenvalue weighted by molar-refractivity contribution is 5.94. The third-order valence-corrected chi connectivity index (χ3v) is 4.58. The van der Waals surface area contributed by atoms with Gasteiger partial charge in [0.05, 0.1) is 6.04 Å². The first kappa shape index (κ1) is 19.9. The molecular weight excluding hydrogens is 354 g/mol. The molecule has 1 aromatic heterocycles. The van der Waals surface area contributed by atoms with Gasteiger partial charge < -0.3 is 9.64 Å². The van der Waals surface area contributed by atoms with E-state index in [-0.39, 0.29) is 11.9 Å². The molecule has 0 aliphatic carbocycles. The average Bonchev–Trinajstić information content (AvgIpc) is 2.67. The summed E-state index contributed by atoms with van der Waals surface area (Å²) < 4.78 is 5.24. The Labute approximate surface area is 165 Å². The first-order chi connectivity index (χ1) is 13.3. The van der Waals surface area contributed by atoms with Crippen molar-refractivity contribution in [3.8, 4) is 0 Å². The Bertz CT molecular complexity index is 813. The molecule has 6 heteroatoms. The minimum absolute atomic E-state index is 0.00969. The second-order valence-electron chi connectivity index (χ2n) is 7.98. The predicted molar refractivity (Wildman–Crippen MR) is 108 cm³/mol. The van der Waals surface area contributed by atoms with Gasteiger partial charge in [0.25, 0.3) is 5.91 Å². The van der Waals surface area contributed by atoms with Crippen molar-refractivity contribution < 1.29 is 14.3 Å². The number of nitrogens with one attached hydrogen (secondary N) is 1. The van der Waals surface area contributed by atoms with Crippen molar-refractivity contribution in [2.45, 2.75) is 51.7 Å². The maximum absolute atomic E-state index is 13.0. The van der Waals surface area contributed by atoms with Crippen LogP contribution in [0.2, 0.25) is 0 Å². The van der Waals surface area contributed by atoms with Crippen LogP contribution in [0, 0.1) is 0 Å². The molecule has 28 heavy (non-hydrogen) atoms. The summed E-state index contributed by atoms with van der Waals surface area (Å²) in [4.78, 5) is 31.1. The molecule has 0 spiro atoms. The van der Waals surface area contributed by atoms with E-state index in [0.717, 1.165) is 31.4 Å². The standard InChI is InChI=1S/C22H27N3O3/c1-22(2,3)28-21(27)24-19-13-12-17(15-23-19)18-11-7-8-14-25(18)20(26)16-9-5-4-6-10-16/h4-6,9-10,12-13,15,18H,7-8,11,14H2,1-3H3,(H,23,24,27)/t18-/m1/s1. The summed E-state index contributed by atoms with van der Waals surface area (Å²) in [6.07, 6.45) is 4.17. The number of anilines is 1. The van der Waals surface area contributed by atoms with Crippen LogP contribution in [0.1, 0.15) is 62.0 Å². The SMILES string of the molecule is CC(C)(C)OC(=O)Nc1ccc([C@H]2CCCCN2C(=O)c2ccccc2)cn1. The van der Waals surface area contributed by atoms with E-state index in [1.165, 1.54) is 0 Å². The van der Waals surface area contributed by atoms with Gasteiger partial charge in [0.2, 0.25) is 0 Å². The molecular formula is C22H27N3O3. The second kappa shape index (κ2) is 8.42. The molecule has 2 amide bonds. The highest BCUT2D eigenvalue weighted by atomic mass is 16.6. The Hall–Kier alpha value is -2.89. The molecule has 2 heterocycles. The van der Waals surface area contributed by atoms with Crippen molar-refractivity contribution in [1.29, 1.82) is 0 Å². The van der Waals surface area contributed by atoms with Gasteiger partial charge in [0.15, 0.2) is 0 Å².